The molecule has 0 atom stereocenters. The van der Waals surface area contributed by atoms with Crippen molar-refractivity contribution in [1.82, 2.24) is 4.98 Å². The third kappa shape index (κ3) is 4.24. The van der Waals surface area contributed by atoms with Gasteiger partial charge in [-0.2, -0.15) is 0 Å². The molecule has 126 valence electrons. The fraction of sp³-hybridized carbons (Fsp3) is 0.0455. The minimum atomic E-state index is 0.246. The van der Waals surface area contributed by atoms with Crippen LogP contribution >= 0.6 is 0 Å². The highest BCUT2D eigenvalue weighted by molar-refractivity contribution is 6.00. The van der Waals surface area contributed by atoms with E-state index in [1.54, 1.807) is 6.07 Å². The van der Waals surface area contributed by atoms with E-state index >= 15 is 0 Å². The van der Waals surface area contributed by atoms with Gasteiger partial charge in [-0.1, -0.05) is 66.7 Å². The number of pyridine rings is 1. The van der Waals surface area contributed by atoms with E-state index in [4.69, 9.17) is 3.79 Å². The predicted octanol–water partition coefficient (Wildman–Crippen LogP) is 5.06. The monoisotopic (exact) mass is 355 g/mol. The van der Waals surface area contributed by atoms with E-state index in [1.807, 2.05) is 67.6 Å². The summed E-state index contributed by atoms with van der Waals surface area (Å²) in [5, 5.41) is 10.4. The molecule has 1 heterocycles. The maximum atomic E-state index is 9.43. The third-order valence-electron chi connectivity index (χ3n) is 3.94. The van der Waals surface area contributed by atoms with Crippen molar-refractivity contribution in [3.63, 3.8) is 0 Å². The summed E-state index contributed by atoms with van der Waals surface area (Å²) in [7, 11) is 0. The molecule has 1 aromatic heterocycles. The molecular weight excluding hydrogens is 337 g/mol. The van der Waals surface area contributed by atoms with Gasteiger partial charge in [-0.25, -0.2) is 4.98 Å². The topological polar surface area (TPSA) is 42.4 Å². The molecular formula is C22H18AlNO2. The molecule has 3 aromatic carbocycles. The number of hydrogen-bond acceptors (Lipinski definition) is 3. The van der Waals surface area contributed by atoms with Gasteiger partial charge >= 0.3 is 16.6 Å². The van der Waals surface area contributed by atoms with Crippen molar-refractivity contribution < 1.29 is 8.90 Å². The lowest BCUT2D eigenvalue weighted by molar-refractivity contribution is 0.480. The van der Waals surface area contributed by atoms with Gasteiger partial charge in [0.25, 0.3) is 0 Å². The molecule has 0 bridgehead atoms. The molecule has 4 rings (SSSR count). The average molecular weight is 355 g/mol. The normalized spacial score (nSPS) is 10.0. The zero-order valence-corrected chi connectivity index (χ0v) is 15.6. The number of hydrogen-bond donors (Lipinski definition) is 1. The second-order valence-electron chi connectivity index (χ2n) is 5.78. The van der Waals surface area contributed by atoms with Gasteiger partial charge in [-0.05, 0) is 30.7 Å². The molecule has 0 aliphatic carbocycles. The molecule has 0 unspecified atom stereocenters. The Hall–Kier alpha value is -2.80. The molecule has 0 amide bonds. The summed E-state index contributed by atoms with van der Waals surface area (Å²) in [5.41, 5.74) is 3.88. The molecule has 3 nitrogen and oxygen atoms in total. The highest BCUT2D eigenvalue weighted by atomic mass is 27.1. The minimum absolute atomic E-state index is 0.246. The van der Waals surface area contributed by atoms with Crippen LogP contribution in [0.15, 0.2) is 84.9 Å². The first kappa shape index (κ1) is 18.0. The van der Waals surface area contributed by atoms with Crippen LogP contribution in [0.2, 0.25) is 0 Å². The Bertz CT molecular complexity index is 1000. The summed E-state index contributed by atoms with van der Waals surface area (Å²) in [6.07, 6.45) is 0. The summed E-state index contributed by atoms with van der Waals surface area (Å²) in [5.74, 6) is 1.12. The molecule has 0 aliphatic heterocycles. The molecule has 0 aliphatic rings. The molecule has 0 fully saturated rings. The van der Waals surface area contributed by atoms with Crippen LogP contribution in [0.5, 0.6) is 11.5 Å². The number of phenols is 1. The molecule has 0 spiro atoms. The Morgan fingerprint density at radius 2 is 1.54 bits per heavy atom. The number of fused-ring (bicyclic) bond motifs is 1. The van der Waals surface area contributed by atoms with Gasteiger partial charge in [-0.3, -0.25) is 0 Å². The molecule has 4 aromatic rings. The number of phenolic OH excluding ortho intramolecular Hbond substituents is 1. The minimum Gasteiger partial charge on any atom is -0.653 e. The Morgan fingerprint density at radius 3 is 2.31 bits per heavy atom. The van der Waals surface area contributed by atoms with Crippen molar-refractivity contribution in [2.45, 2.75) is 6.92 Å². The van der Waals surface area contributed by atoms with Crippen molar-refractivity contribution >= 4 is 27.5 Å². The van der Waals surface area contributed by atoms with Crippen LogP contribution in [0.25, 0.3) is 22.0 Å². The van der Waals surface area contributed by atoms with Crippen molar-refractivity contribution in [1.29, 1.82) is 0 Å². The van der Waals surface area contributed by atoms with Gasteiger partial charge in [0, 0.05) is 16.6 Å². The van der Waals surface area contributed by atoms with Crippen molar-refractivity contribution in [2.75, 3.05) is 0 Å². The summed E-state index contributed by atoms with van der Waals surface area (Å²) < 4.78 is 5.22. The molecule has 0 saturated heterocycles. The van der Waals surface area contributed by atoms with E-state index in [9.17, 15) is 5.11 Å². The van der Waals surface area contributed by atoms with E-state index in [0.29, 0.717) is 5.52 Å². The quantitative estimate of drug-likeness (QED) is 0.511. The predicted molar refractivity (Wildman–Crippen MR) is 106 cm³/mol. The summed E-state index contributed by atoms with van der Waals surface area (Å²) in [4.78, 5) is 4.23. The van der Waals surface area contributed by atoms with Crippen LogP contribution < -0.4 is 3.79 Å². The number of para-hydroxylation sites is 2. The van der Waals surface area contributed by atoms with Crippen LogP contribution in [0.4, 0.5) is 0 Å². The zero-order valence-electron chi connectivity index (χ0n) is 14.5. The standard InChI is InChI=1S/C12H10O.C10H9NO.Al/c13-12-9-5-4-8-11(12)10-6-2-1-3-7-10;1-7-5-6-8-3-2-4-9(12)10(8)11-7;/h1-9,13H;2-6,12H,1H3;/q;;+1/p-1. The highest BCUT2D eigenvalue weighted by Crippen LogP contribution is 2.28. The largest absolute Gasteiger partial charge is 0.653 e. The van der Waals surface area contributed by atoms with E-state index in [0.717, 1.165) is 22.4 Å². The van der Waals surface area contributed by atoms with Crippen molar-refractivity contribution in [3.05, 3.63) is 90.6 Å². The third-order valence-corrected chi connectivity index (χ3v) is 4.19. The van der Waals surface area contributed by atoms with Crippen LogP contribution in [0, 0.1) is 6.92 Å². The van der Waals surface area contributed by atoms with E-state index in [2.05, 4.69) is 39.8 Å². The van der Waals surface area contributed by atoms with E-state index in [-0.39, 0.29) is 5.75 Å². The van der Waals surface area contributed by atoms with Crippen LogP contribution in [0.3, 0.4) is 0 Å². The van der Waals surface area contributed by atoms with E-state index < -0.39 is 0 Å². The Labute approximate surface area is 161 Å². The lowest BCUT2D eigenvalue weighted by Crippen LogP contribution is -1.88. The maximum Gasteiger partial charge on any atom is 0.482 e. The maximum absolute atomic E-state index is 9.43. The lowest BCUT2D eigenvalue weighted by Gasteiger charge is -2.09. The molecule has 0 saturated carbocycles. The van der Waals surface area contributed by atoms with Crippen LogP contribution in [-0.4, -0.2) is 26.7 Å². The smallest absolute Gasteiger partial charge is 0.482 e. The Kier molecular flexibility index (Phi) is 5.91. The Balaban J connectivity index is 0.000000152. The van der Waals surface area contributed by atoms with E-state index in [1.165, 1.54) is 5.56 Å². The van der Waals surface area contributed by atoms with Gasteiger partial charge in [-0.15, -0.1) is 0 Å². The number of rotatable bonds is 2. The SMILES string of the molecule is Cc1ccc2cccc(O)c2n1.[Al][O]c1ccccc1-c1ccccc1. The second-order valence-corrected chi connectivity index (χ2v) is 6.02. The Morgan fingerprint density at radius 1 is 0.808 bits per heavy atom. The van der Waals surface area contributed by atoms with Gasteiger partial charge in [0.2, 0.25) is 0 Å². The molecule has 26 heavy (non-hydrogen) atoms. The molecule has 4 heteroatoms. The van der Waals surface area contributed by atoms with Gasteiger partial charge in [0.1, 0.15) is 11.3 Å². The first-order valence-corrected chi connectivity index (χ1v) is 8.72. The molecule has 2 radical (unpaired) electrons. The second kappa shape index (κ2) is 8.53. The first-order chi connectivity index (χ1) is 12.7. The molecule has 1 N–H and O–H groups in total. The average Bonchev–Trinajstić information content (AvgIpc) is 2.70. The van der Waals surface area contributed by atoms with Gasteiger partial charge in [0.15, 0.2) is 0 Å². The highest BCUT2D eigenvalue weighted by Gasteiger charge is 2.01. The lowest BCUT2D eigenvalue weighted by atomic mass is 10.1. The van der Waals surface area contributed by atoms with Gasteiger partial charge < -0.3 is 8.90 Å². The number of aromatic hydroxyl groups is 1. The van der Waals surface area contributed by atoms with Gasteiger partial charge in [0.05, 0.1) is 5.75 Å². The fourth-order valence-corrected chi connectivity index (χ4v) is 2.86. The number of aromatic nitrogens is 1. The first-order valence-electron chi connectivity index (χ1n) is 8.25. The van der Waals surface area contributed by atoms with Crippen LogP contribution in [0.1, 0.15) is 5.69 Å². The number of benzene rings is 3. The van der Waals surface area contributed by atoms with Crippen LogP contribution in [-0.2, 0) is 0 Å². The summed E-state index contributed by atoms with van der Waals surface area (Å²) in [6, 6.07) is 27.5. The zero-order chi connectivity index (χ0) is 18.4. The number of nitrogens with zero attached hydrogens (tertiary/aromatic N) is 1. The van der Waals surface area contributed by atoms with Crippen molar-refractivity contribution in [3.8, 4) is 22.6 Å². The van der Waals surface area contributed by atoms with Crippen molar-refractivity contribution in [2.24, 2.45) is 0 Å². The number of aryl methyl sites for hydroxylation is 1. The summed E-state index contributed by atoms with van der Waals surface area (Å²) >= 11 is 2.28. The fourth-order valence-electron chi connectivity index (χ4n) is 2.65. The summed E-state index contributed by atoms with van der Waals surface area (Å²) in [6.45, 7) is 1.91.